The van der Waals surface area contributed by atoms with Gasteiger partial charge in [0.05, 0.1) is 6.54 Å². The van der Waals surface area contributed by atoms with E-state index >= 15 is 0 Å². The second-order valence-corrected chi connectivity index (χ2v) is 5.27. The topological polar surface area (TPSA) is 50.4 Å². The van der Waals surface area contributed by atoms with Crippen molar-refractivity contribution in [3.8, 4) is 16.9 Å². The molecule has 2 aromatic carbocycles. The van der Waals surface area contributed by atoms with Crippen molar-refractivity contribution in [3.63, 3.8) is 0 Å². The molecular weight excluding hydrogens is 288 g/mol. The van der Waals surface area contributed by atoms with Crippen LogP contribution in [0.2, 0.25) is 0 Å². The molecule has 0 radical (unpaired) electrons. The van der Waals surface area contributed by atoms with Crippen molar-refractivity contribution < 1.29 is 9.53 Å². The summed E-state index contributed by atoms with van der Waals surface area (Å²) in [6.45, 7) is 1.83. The van der Waals surface area contributed by atoms with Crippen LogP contribution in [0.3, 0.4) is 0 Å². The number of hydrogen-bond acceptors (Lipinski definition) is 3. The zero-order valence-electron chi connectivity index (χ0n) is 13.5. The number of benzene rings is 2. The second-order valence-electron chi connectivity index (χ2n) is 5.27. The summed E-state index contributed by atoms with van der Waals surface area (Å²) in [7, 11) is 1.88. The Labute approximate surface area is 137 Å². The van der Waals surface area contributed by atoms with Crippen LogP contribution in [0.4, 0.5) is 0 Å². The lowest BCUT2D eigenvalue weighted by atomic mass is 10.1. The highest BCUT2D eigenvalue weighted by Crippen LogP contribution is 2.29. The third kappa shape index (κ3) is 5.75. The van der Waals surface area contributed by atoms with Gasteiger partial charge >= 0.3 is 0 Å². The van der Waals surface area contributed by atoms with Crippen LogP contribution in [0.5, 0.6) is 5.75 Å². The largest absolute Gasteiger partial charge is 0.491 e. The second kappa shape index (κ2) is 9.64. The molecular formula is C19H24N2O2. The average Bonchev–Trinajstić information content (AvgIpc) is 2.60. The normalized spacial score (nSPS) is 10.3. The smallest absolute Gasteiger partial charge is 0.220 e. The summed E-state index contributed by atoms with van der Waals surface area (Å²) in [5, 5.41) is 5.91. The molecule has 0 aliphatic rings. The van der Waals surface area contributed by atoms with Gasteiger partial charge in [0.15, 0.2) is 0 Å². The van der Waals surface area contributed by atoms with Gasteiger partial charge < -0.3 is 15.4 Å². The molecule has 0 unspecified atom stereocenters. The van der Waals surface area contributed by atoms with E-state index in [9.17, 15) is 4.79 Å². The molecule has 0 saturated carbocycles. The van der Waals surface area contributed by atoms with E-state index in [4.69, 9.17) is 4.74 Å². The molecule has 0 atom stereocenters. The quantitative estimate of drug-likeness (QED) is 0.700. The van der Waals surface area contributed by atoms with Crippen LogP contribution in [0.15, 0.2) is 54.6 Å². The maximum atomic E-state index is 11.6. The van der Waals surface area contributed by atoms with E-state index in [1.807, 2.05) is 49.5 Å². The minimum Gasteiger partial charge on any atom is -0.491 e. The molecule has 122 valence electrons. The molecule has 2 rings (SSSR count). The lowest BCUT2D eigenvalue weighted by Crippen LogP contribution is -2.28. The first-order valence-electron chi connectivity index (χ1n) is 8.00. The molecule has 0 aliphatic carbocycles. The number of ether oxygens (including phenoxy) is 1. The average molecular weight is 312 g/mol. The fourth-order valence-corrected chi connectivity index (χ4v) is 2.31. The van der Waals surface area contributed by atoms with Crippen molar-refractivity contribution in [3.05, 3.63) is 54.6 Å². The summed E-state index contributed by atoms with van der Waals surface area (Å²) in [4.78, 5) is 11.6. The van der Waals surface area contributed by atoms with E-state index in [1.54, 1.807) is 0 Å². The van der Waals surface area contributed by atoms with Crippen LogP contribution in [-0.2, 0) is 4.79 Å². The number of rotatable bonds is 9. The van der Waals surface area contributed by atoms with Gasteiger partial charge in [0, 0.05) is 12.0 Å². The Kier molecular flexibility index (Phi) is 7.14. The number of carbonyl (C=O) groups excluding carboxylic acids is 1. The van der Waals surface area contributed by atoms with Gasteiger partial charge in [-0.2, -0.15) is 0 Å². The standard InChI is InChI=1S/C19H24N2O2/c1-20-13-7-12-19(22)21-14-15-23-18-11-6-5-10-17(18)16-8-3-2-4-9-16/h2-6,8-11,20H,7,12-15H2,1H3,(H,21,22). The molecule has 4 heteroatoms. The molecule has 2 N–H and O–H groups in total. The van der Waals surface area contributed by atoms with Crippen molar-refractivity contribution in [1.29, 1.82) is 0 Å². The molecule has 0 heterocycles. The highest BCUT2D eigenvalue weighted by Gasteiger charge is 2.05. The minimum atomic E-state index is 0.0696. The van der Waals surface area contributed by atoms with Crippen LogP contribution in [-0.4, -0.2) is 32.7 Å². The fourth-order valence-electron chi connectivity index (χ4n) is 2.31. The lowest BCUT2D eigenvalue weighted by Gasteiger charge is -2.12. The van der Waals surface area contributed by atoms with Crippen molar-refractivity contribution in [2.24, 2.45) is 0 Å². The molecule has 0 fully saturated rings. The summed E-state index contributed by atoms with van der Waals surface area (Å²) >= 11 is 0. The number of nitrogens with one attached hydrogen (secondary N) is 2. The van der Waals surface area contributed by atoms with Crippen molar-refractivity contribution >= 4 is 5.91 Å². The number of hydrogen-bond donors (Lipinski definition) is 2. The maximum absolute atomic E-state index is 11.6. The zero-order valence-corrected chi connectivity index (χ0v) is 13.5. The lowest BCUT2D eigenvalue weighted by molar-refractivity contribution is -0.121. The van der Waals surface area contributed by atoms with Crippen LogP contribution in [0.25, 0.3) is 11.1 Å². The van der Waals surface area contributed by atoms with Gasteiger partial charge in [0.25, 0.3) is 0 Å². The van der Waals surface area contributed by atoms with E-state index in [-0.39, 0.29) is 5.91 Å². The molecule has 0 aliphatic heterocycles. The van der Waals surface area contributed by atoms with E-state index in [0.717, 1.165) is 29.8 Å². The van der Waals surface area contributed by atoms with Crippen LogP contribution in [0, 0.1) is 0 Å². The first kappa shape index (κ1) is 17.0. The Bertz CT molecular complexity index is 599. The third-order valence-corrected chi connectivity index (χ3v) is 3.48. The Morgan fingerprint density at radius 2 is 1.74 bits per heavy atom. The molecule has 0 spiro atoms. The molecule has 2 aromatic rings. The molecule has 0 bridgehead atoms. The molecule has 4 nitrogen and oxygen atoms in total. The molecule has 1 amide bonds. The van der Waals surface area contributed by atoms with Crippen LogP contribution >= 0.6 is 0 Å². The summed E-state index contributed by atoms with van der Waals surface area (Å²) in [5.41, 5.74) is 2.19. The van der Waals surface area contributed by atoms with Crippen LogP contribution in [0.1, 0.15) is 12.8 Å². The number of para-hydroxylation sites is 1. The van der Waals surface area contributed by atoms with Crippen LogP contribution < -0.4 is 15.4 Å². The minimum absolute atomic E-state index is 0.0696. The van der Waals surface area contributed by atoms with Gasteiger partial charge in [-0.1, -0.05) is 48.5 Å². The Morgan fingerprint density at radius 3 is 2.52 bits per heavy atom. The Morgan fingerprint density at radius 1 is 1.00 bits per heavy atom. The highest BCUT2D eigenvalue weighted by atomic mass is 16.5. The van der Waals surface area contributed by atoms with Crippen molar-refractivity contribution in [2.75, 3.05) is 26.7 Å². The predicted molar refractivity (Wildman–Crippen MR) is 93.5 cm³/mol. The summed E-state index contributed by atoms with van der Waals surface area (Å²) in [6.07, 6.45) is 1.39. The summed E-state index contributed by atoms with van der Waals surface area (Å²) < 4.78 is 5.84. The first-order valence-corrected chi connectivity index (χ1v) is 8.00. The molecule has 0 saturated heterocycles. The van der Waals surface area contributed by atoms with Crippen molar-refractivity contribution in [2.45, 2.75) is 12.8 Å². The number of carbonyl (C=O) groups is 1. The van der Waals surface area contributed by atoms with Gasteiger partial charge in [0.1, 0.15) is 12.4 Å². The predicted octanol–water partition coefficient (Wildman–Crippen LogP) is 2.85. The maximum Gasteiger partial charge on any atom is 0.220 e. The van der Waals surface area contributed by atoms with E-state index in [2.05, 4.69) is 22.8 Å². The molecule has 23 heavy (non-hydrogen) atoms. The van der Waals surface area contributed by atoms with Crippen molar-refractivity contribution in [1.82, 2.24) is 10.6 Å². The van der Waals surface area contributed by atoms with Gasteiger partial charge in [0.2, 0.25) is 5.91 Å². The third-order valence-electron chi connectivity index (χ3n) is 3.48. The Balaban J connectivity index is 1.82. The summed E-state index contributed by atoms with van der Waals surface area (Å²) in [6, 6.07) is 18.1. The zero-order chi connectivity index (χ0) is 16.3. The summed E-state index contributed by atoms with van der Waals surface area (Å²) in [5.74, 6) is 0.906. The fraction of sp³-hybridized carbons (Fsp3) is 0.316. The highest BCUT2D eigenvalue weighted by molar-refractivity contribution is 5.75. The van der Waals surface area contributed by atoms with Gasteiger partial charge in [-0.05, 0) is 31.6 Å². The number of amides is 1. The SMILES string of the molecule is CNCCCC(=O)NCCOc1ccccc1-c1ccccc1. The van der Waals surface area contributed by atoms with Gasteiger partial charge in [-0.3, -0.25) is 4.79 Å². The van der Waals surface area contributed by atoms with E-state index < -0.39 is 0 Å². The van der Waals surface area contributed by atoms with E-state index in [1.165, 1.54) is 0 Å². The monoisotopic (exact) mass is 312 g/mol. The van der Waals surface area contributed by atoms with Gasteiger partial charge in [-0.15, -0.1) is 0 Å². The molecule has 0 aromatic heterocycles. The Hall–Kier alpha value is -2.33. The van der Waals surface area contributed by atoms with E-state index in [0.29, 0.717) is 19.6 Å². The first-order chi connectivity index (χ1) is 11.3. The van der Waals surface area contributed by atoms with Gasteiger partial charge in [-0.25, -0.2) is 0 Å².